The van der Waals surface area contributed by atoms with E-state index in [0.29, 0.717) is 25.6 Å². The molecule has 3 rings (SSSR count). The number of halogens is 1. The zero-order chi connectivity index (χ0) is 21.5. The normalized spacial score (nSPS) is 15.3. The quantitative estimate of drug-likeness (QED) is 0.642. The van der Waals surface area contributed by atoms with Crippen molar-refractivity contribution in [2.45, 2.75) is 33.2 Å². The van der Waals surface area contributed by atoms with Crippen LogP contribution in [0.5, 0.6) is 0 Å². The molecule has 1 saturated heterocycles. The molecule has 1 heterocycles. The summed E-state index contributed by atoms with van der Waals surface area (Å²) in [6.07, 6.45) is 2.02. The molecular weight excluding hydrogens is 379 g/mol. The summed E-state index contributed by atoms with van der Waals surface area (Å²) in [5.41, 5.74) is 3.71. The van der Waals surface area contributed by atoms with Crippen molar-refractivity contribution in [2.75, 3.05) is 39.9 Å². The number of carbonyl (C=O) groups excluding carboxylic acids is 1. The number of amides is 1. The summed E-state index contributed by atoms with van der Waals surface area (Å²) in [6.45, 7) is 8.41. The molecule has 0 N–H and O–H groups in total. The molecule has 0 radical (unpaired) electrons. The molecule has 0 aliphatic carbocycles. The monoisotopic (exact) mass is 412 g/mol. The number of carbonyl (C=O) groups is 1. The molecule has 1 amide bonds. The van der Waals surface area contributed by atoms with Crippen LogP contribution in [-0.2, 0) is 11.3 Å². The zero-order valence-electron chi connectivity index (χ0n) is 18.4. The van der Waals surface area contributed by atoms with E-state index in [0.717, 1.165) is 54.7 Å². The summed E-state index contributed by atoms with van der Waals surface area (Å²) in [5, 5.41) is 0. The molecule has 0 aromatic heterocycles. The maximum Gasteiger partial charge on any atom is 0.253 e. The first-order chi connectivity index (χ1) is 14.5. The van der Waals surface area contributed by atoms with Gasteiger partial charge < -0.3 is 9.64 Å². The Kier molecular flexibility index (Phi) is 8.00. The van der Waals surface area contributed by atoms with Crippen LogP contribution in [0, 0.1) is 25.6 Å². The molecule has 162 valence electrons. The molecule has 0 bridgehead atoms. The number of hydrogen-bond donors (Lipinski definition) is 0. The van der Waals surface area contributed by atoms with E-state index >= 15 is 0 Å². The maximum atomic E-state index is 13.9. The van der Waals surface area contributed by atoms with E-state index in [1.54, 1.807) is 13.2 Å². The molecular formula is C25H33FN2O2. The van der Waals surface area contributed by atoms with Gasteiger partial charge in [0.25, 0.3) is 5.91 Å². The number of methoxy groups -OCH3 is 1. The van der Waals surface area contributed by atoms with Gasteiger partial charge in [-0.2, -0.15) is 0 Å². The summed E-state index contributed by atoms with van der Waals surface area (Å²) >= 11 is 0. The summed E-state index contributed by atoms with van der Waals surface area (Å²) < 4.78 is 19.2. The molecule has 2 aromatic rings. The summed E-state index contributed by atoms with van der Waals surface area (Å²) in [4.78, 5) is 17.4. The number of nitrogens with zero attached hydrogens (tertiary/aromatic N) is 2. The number of aryl methyl sites for hydroxylation is 2. The molecule has 0 unspecified atom stereocenters. The predicted octanol–water partition coefficient (Wildman–Crippen LogP) is 4.44. The van der Waals surface area contributed by atoms with Gasteiger partial charge in [0.1, 0.15) is 5.82 Å². The molecule has 4 nitrogen and oxygen atoms in total. The number of piperidine rings is 1. The second-order valence-electron chi connectivity index (χ2n) is 8.43. The van der Waals surface area contributed by atoms with E-state index in [4.69, 9.17) is 4.74 Å². The van der Waals surface area contributed by atoms with Crippen LogP contribution in [0.1, 0.15) is 39.9 Å². The molecule has 1 fully saturated rings. The van der Waals surface area contributed by atoms with Gasteiger partial charge >= 0.3 is 0 Å². The highest BCUT2D eigenvalue weighted by atomic mass is 19.1. The Morgan fingerprint density at radius 1 is 1.13 bits per heavy atom. The van der Waals surface area contributed by atoms with Gasteiger partial charge in [-0.3, -0.25) is 9.69 Å². The Morgan fingerprint density at radius 2 is 1.80 bits per heavy atom. The predicted molar refractivity (Wildman–Crippen MR) is 118 cm³/mol. The summed E-state index contributed by atoms with van der Waals surface area (Å²) in [6, 6.07) is 13.0. The fraction of sp³-hybridized carbons (Fsp3) is 0.480. The van der Waals surface area contributed by atoms with E-state index in [1.165, 1.54) is 6.07 Å². The highest BCUT2D eigenvalue weighted by Crippen LogP contribution is 2.22. The third-order valence-electron chi connectivity index (χ3n) is 5.86. The van der Waals surface area contributed by atoms with Crippen LogP contribution >= 0.6 is 0 Å². The molecule has 30 heavy (non-hydrogen) atoms. The van der Waals surface area contributed by atoms with Gasteiger partial charge in [0.15, 0.2) is 0 Å². The van der Waals surface area contributed by atoms with Gasteiger partial charge in [-0.25, -0.2) is 4.39 Å². The van der Waals surface area contributed by atoms with Gasteiger partial charge in [0, 0.05) is 37.9 Å². The summed E-state index contributed by atoms with van der Waals surface area (Å²) in [7, 11) is 1.67. The molecule has 0 saturated carbocycles. The smallest absolute Gasteiger partial charge is 0.253 e. The van der Waals surface area contributed by atoms with Gasteiger partial charge in [-0.15, -0.1) is 0 Å². The number of benzene rings is 2. The van der Waals surface area contributed by atoms with Crippen molar-refractivity contribution in [3.8, 4) is 0 Å². The van der Waals surface area contributed by atoms with Crippen LogP contribution in [0.25, 0.3) is 0 Å². The molecule has 5 heteroatoms. The van der Waals surface area contributed by atoms with Crippen molar-refractivity contribution in [2.24, 2.45) is 5.92 Å². The van der Waals surface area contributed by atoms with Crippen LogP contribution in [0.2, 0.25) is 0 Å². The Balaban J connectivity index is 1.59. The van der Waals surface area contributed by atoms with Crippen molar-refractivity contribution in [1.29, 1.82) is 0 Å². The number of ether oxygens (including phenoxy) is 1. The second-order valence-corrected chi connectivity index (χ2v) is 8.43. The standard InChI is InChI=1S/C25H33FN2O2/c1-19-14-20(2)16-23(15-19)25(29)28(12-13-30-3)17-21-8-10-27(11-9-21)18-22-6-4-5-7-24(22)26/h4-7,14-16,21H,8-13,17-18H2,1-3H3. The lowest BCUT2D eigenvalue weighted by Crippen LogP contribution is -2.42. The van der Waals surface area contributed by atoms with E-state index < -0.39 is 0 Å². The Morgan fingerprint density at radius 3 is 2.43 bits per heavy atom. The zero-order valence-corrected chi connectivity index (χ0v) is 18.4. The first-order valence-electron chi connectivity index (χ1n) is 10.8. The average molecular weight is 413 g/mol. The van der Waals surface area contributed by atoms with Gasteiger partial charge in [-0.05, 0) is 63.9 Å². The molecule has 2 aromatic carbocycles. The minimum absolute atomic E-state index is 0.0765. The Labute approximate surface area is 179 Å². The third-order valence-corrected chi connectivity index (χ3v) is 5.86. The van der Waals surface area contributed by atoms with Crippen molar-refractivity contribution in [1.82, 2.24) is 9.80 Å². The fourth-order valence-electron chi connectivity index (χ4n) is 4.26. The number of likely N-dealkylation sites (tertiary alicyclic amines) is 1. The highest BCUT2D eigenvalue weighted by Gasteiger charge is 2.25. The van der Waals surface area contributed by atoms with E-state index in [2.05, 4.69) is 11.0 Å². The van der Waals surface area contributed by atoms with Crippen LogP contribution < -0.4 is 0 Å². The SMILES string of the molecule is COCCN(CC1CCN(Cc2ccccc2F)CC1)C(=O)c1cc(C)cc(C)c1. The Hall–Kier alpha value is -2.24. The van der Waals surface area contributed by atoms with E-state index in [1.807, 2.05) is 43.0 Å². The van der Waals surface area contributed by atoms with Crippen molar-refractivity contribution in [3.63, 3.8) is 0 Å². The minimum Gasteiger partial charge on any atom is -0.383 e. The second kappa shape index (κ2) is 10.7. The molecule has 0 spiro atoms. The van der Waals surface area contributed by atoms with E-state index in [-0.39, 0.29) is 11.7 Å². The first kappa shape index (κ1) is 22.4. The van der Waals surface area contributed by atoms with Crippen LogP contribution in [0.15, 0.2) is 42.5 Å². The molecule has 0 atom stereocenters. The van der Waals surface area contributed by atoms with Gasteiger partial charge in [-0.1, -0.05) is 35.4 Å². The van der Waals surface area contributed by atoms with Crippen LogP contribution in [0.3, 0.4) is 0 Å². The Bertz CT molecular complexity index is 827. The first-order valence-corrected chi connectivity index (χ1v) is 10.8. The van der Waals surface area contributed by atoms with Gasteiger partial charge in [0.2, 0.25) is 0 Å². The topological polar surface area (TPSA) is 32.8 Å². The maximum absolute atomic E-state index is 13.9. The number of rotatable bonds is 8. The lowest BCUT2D eigenvalue weighted by Gasteiger charge is -2.35. The highest BCUT2D eigenvalue weighted by molar-refractivity contribution is 5.94. The average Bonchev–Trinajstić information content (AvgIpc) is 2.73. The van der Waals surface area contributed by atoms with Crippen molar-refractivity contribution >= 4 is 5.91 Å². The van der Waals surface area contributed by atoms with Gasteiger partial charge in [0.05, 0.1) is 6.61 Å². The lowest BCUT2D eigenvalue weighted by atomic mass is 9.95. The third kappa shape index (κ3) is 6.13. The largest absolute Gasteiger partial charge is 0.383 e. The van der Waals surface area contributed by atoms with E-state index in [9.17, 15) is 9.18 Å². The molecule has 1 aliphatic heterocycles. The van der Waals surface area contributed by atoms with Crippen LogP contribution in [0.4, 0.5) is 4.39 Å². The summed E-state index contributed by atoms with van der Waals surface area (Å²) in [5.74, 6) is 0.394. The minimum atomic E-state index is -0.135. The van der Waals surface area contributed by atoms with Crippen LogP contribution in [-0.4, -0.2) is 55.6 Å². The fourth-order valence-corrected chi connectivity index (χ4v) is 4.26. The lowest BCUT2D eigenvalue weighted by molar-refractivity contribution is 0.0617. The van der Waals surface area contributed by atoms with Crippen molar-refractivity contribution < 1.29 is 13.9 Å². The van der Waals surface area contributed by atoms with Crippen molar-refractivity contribution in [3.05, 3.63) is 70.5 Å². The number of hydrogen-bond acceptors (Lipinski definition) is 3. The molecule has 1 aliphatic rings.